The van der Waals surface area contributed by atoms with Crippen LogP contribution in [0.25, 0.3) is 33.3 Å². The van der Waals surface area contributed by atoms with Gasteiger partial charge in [-0.1, -0.05) is 127 Å². The van der Waals surface area contributed by atoms with E-state index >= 15 is 0 Å². The van der Waals surface area contributed by atoms with Crippen molar-refractivity contribution in [2.24, 2.45) is 0 Å². The minimum atomic E-state index is 0.177. The molecule has 1 aliphatic heterocycles. The first kappa shape index (κ1) is 21.5. The van der Waals surface area contributed by atoms with Crippen molar-refractivity contribution in [2.45, 2.75) is 18.8 Å². The number of hydrogen-bond acceptors (Lipinski definition) is 0. The van der Waals surface area contributed by atoms with Gasteiger partial charge in [0.05, 0.1) is 17.1 Å². The first-order valence-electron chi connectivity index (χ1n) is 13.5. The van der Waals surface area contributed by atoms with E-state index in [4.69, 9.17) is 0 Å². The van der Waals surface area contributed by atoms with Crippen LogP contribution in [0.5, 0.6) is 0 Å². The molecule has 0 bridgehead atoms. The molecule has 1 unspecified atom stereocenters. The van der Waals surface area contributed by atoms with Gasteiger partial charge in [0, 0.05) is 16.6 Å². The van der Waals surface area contributed by atoms with E-state index in [1.807, 2.05) is 0 Å². The molecule has 1 aliphatic carbocycles. The van der Waals surface area contributed by atoms with Gasteiger partial charge in [-0.3, -0.25) is 0 Å². The zero-order valence-corrected chi connectivity index (χ0v) is 21.1. The molecule has 1 nitrogen and oxygen atoms in total. The predicted octanol–water partition coefficient (Wildman–Crippen LogP) is 9.00. The summed E-state index contributed by atoms with van der Waals surface area (Å²) in [5, 5.41) is 1.32. The minimum absolute atomic E-state index is 0.177. The molecule has 1 atom stereocenters. The van der Waals surface area contributed by atoms with Crippen molar-refractivity contribution < 1.29 is 0 Å². The highest BCUT2D eigenvalue weighted by atomic mass is 15.0. The molecule has 8 rings (SSSR count). The summed E-state index contributed by atoms with van der Waals surface area (Å²) in [6, 6.07) is 49.0. The third kappa shape index (κ3) is 3.12. The molecular formula is C37H27N. The molecule has 38 heavy (non-hydrogen) atoms. The molecule has 0 saturated heterocycles. The third-order valence-electron chi connectivity index (χ3n) is 8.38. The summed E-state index contributed by atoms with van der Waals surface area (Å²) in [6.07, 6.45) is 1.99. The first-order valence-corrected chi connectivity index (χ1v) is 13.5. The highest BCUT2D eigenvalue weighted by Gasteiger charge is 2.40. The summed E-state index contributed by atoms with van der Waals surface area (Å²) in [6.45, 7) is 0. The molecule has 0 spiro atoms. The zero-order chi connectivity index (χ0) is 25.1. The number of nitrogens with zero attached hydrogens (tertiary/aromatic N) is 1. The summed E-state index contributed by atoms with van der Waals surface area (Å²) in [5.41, 5.74) is 15.3. The average Bonchev–Trinajstić information content (AvgIpc) is 3.61. The van der Waals surface area contributed by atoms with Crippen LogP contribution in [0.4, 0.5) is 0 Å². The monoisotopic (exact) mass is 485 g/mol. The van der Waals surface area contributed by atoms with Crippen molar-refractivity contribution in [1.82, 2.24) is 4.57 Å². The van der Waals surface area contributed by atoms with Gasteiger partial charge in [-0.25, -0.2) is 0 Å². The van der Waals surface area contributed by atoms with Crippen molar-refractivity contribution in [3.05, 3.63) is 167 Å². The fraction of sp³-hybridized carbons (Fsp3) is 0.0811. The smallest absolute Gasteiger partial charge is 0.0538 e. The lowest BCUT2D eigenvalue weighted by Gasteiger charge is -2.20. The minimum Gasteiger partial charge on any atom is -0.312 e. The lowest BCUT2D eigenvalue weighted by atomic mass is 9.81. The maximum atomic E-state index is 2.55. The van der Waals surface area contributed by atoms with E-state index in [1.165, 1.54) is 66.8 Å². The fourth-order valence-corrected chi connectivity index (χ4v) is 6.89. The van der Waals surface area contributed by atoms with E-state index in [-0.39, 0.29) is 5.92 Å². The third-order valence-corrected chi connectivity index (χ3v) is 8.38. The Morgan fingerprint density at radius 1 is 0.632 bits per heavy atom. The quantitative estimate of drug-likeness (QED) is 0.235. The molecule has 0 saturated carbocycles. The molecule has 0 fully saturated rings. The standard InChI is InChI=1S/C37H27N/c1-3-13-25(14-4-1)23-28-24-27-17-7-8-18-29(27)34(28)36-31-20-10-12-22-33(31)38-32-21-11-9-19-30(32)35(37(36)38)26-15-5-2-6-16-26/h1-22,36H,23-24H2. The molecule has 1 aromatic heterocycles. The van der Waals surface area contributed by atoms with Gasteiger partial charge in [0.15, 0.2) is 0 Å². The highest BCUT2D eigenvalue weighted by molar-refractivity contribution is 6.03. The lowest BCUT2D eigenvalue weighted by molar-refractivity contribution is 0.996. The van der Waals surface area contributed by atoms with Gasteiger partial charge in [-0.05, 0) is 58.4 Å². The summed E-state index contributed by atoms with van der Waals surface area (Å²) in [5.74, 6) is 0.177. The Morgan fingerprint density at radius 2 is 1.32 bits per heavy atom. The van der Waals surface area contributed by atoms with Gasteiger partial charge in [-0.15, -0.1) is 0 Å². The number of allylic oxidation sites excluding steroid dienone is 2. The van der Waals surface area contributed by atoms with E-state index in [0.717, 1.165) is 12.8 Å². The van der Waals surface area contributed by atoms with Gasteiger partial charge in [0.1, 0.15) is 0 Å². The molecular weight excluding hydrogens is 458 g/mol. The molecule has 2 heterocycles. The summed E-state index contributed by atoms with van der Waals surface area (Å²) in [7, 11) is 0. The Morgan fingerprint density at radius 3 is 2.18 bits per heavy atom. The lowest BCUT2D eigenvalue weighted by Crippen LogP contribution is -2.04. The second-order valence-corrected chi connectivity index (χ2v) is 10.5. The number of hydrogen-bond donors (Lipinski definition) is 0. The number of fused-ring (bicyclic) bond motifs is 6. The highest BCUT2D eigenvalue weighted by Crippen LogP contribution is 2.55. The molecule has 1 heteroatoms. The molecule has 6 aromatic rings. The molecule has 0 amide bonds. The van der Waals surface area contributed by atoms with E-state index in [9.17, 15) is 0 Å². The molecule has 180 valence electrons. The van der Waals surface area contributed by atoms with Crippen LogP contribution in [0.1, 0.15) is 33.9 Å². The van der Waals surface area contributed by atoms with Crippen LogP contribution >= 0.6 is 0 Å². The summed E-state index contributed by atoms with van der Waals surface area (Å²) in [4.78, 5) is 0. The molecule has 5 aromatic carbocycles. The van der Waals surface area contributed by atoms with Gasteiger partial charge in [-0.2, -0.15) is 0 Å². The number of aromatic nitrogens is 1. The van der Waals surface area contributed by atoms with Crippen LogP contribution in [-0.4, -0.2) is 4.57 Å². The number of benzene rings is 5. The SMILES string of the molecule is c1ccc(CC2=C(C3c4ccccc4-n4c3c(-c3ccccc3)c3ccccc34)c3ccccc3C2)cc1. The van der Waals surface area contributed by atoms with E-state index < -0.39 is 0 Å². The maximum Gasteiger partial charge on any atom is 0.0538 e. The molecule has 2 aliphatic rings. The van der Waals surface area contributed by atoms with E-state index in [0.29, 0.717) is 0 Å². The van der Waals surface area contributed by atoms with Gasteiger partial charge in [0.25, 0.3) is 0 Å². The number of rotatable bonds is 4. The van der Waals surface area contributed by atoms with Gasteiger partial charge < -0.3 is 4.57 Å². The van der Waals surface area contributed by atoms with Crippen molar-refractivity contribution in [2.75, 3.05) is 0 Å². The van der Waals surface area contributed by atoms with Crippen molar-refractivity contribution >= 4 is 16.5 Å². The zero-order valence-electron chi connectivity index (χ0n) is 21.1. The Hall–Kier alpha value is -4.62. The normalized spacial score (nSPS) is 15.5. The van der Waals surface area contributed by atoms with Crippen LogP contribution in [0.2, 0.25) is 0 Å². The van der Waals surface area contributed by atoms with Crippen molar-refractivity contribution in [1.29, 1.82) is 0 Å². The Bertz CT molecular complexity index is 1840. The maximum absolute atomic E-state index is 2.55. The molecule has 0 N–H and O–H groups in total. The van der Waals surface area contributed by atoms with Crippen LogP contribution < -0.4 is 0 Å². The predicted molar refractivity (Wildman–Crippen MR) is 158 cm³/mol. The van der Waals surface area contributed by atoms with Gasteiger partial charge >= 0.3 is 0 Å². The largest absolute Gasteiger partial charge is 0.312 e. The Balaban J connectivity index is 1.47. The van der Waals surface area contributed by atoms with Crippen molar-refractivity contribution in [3.8, 4) is 16.8 Å². The summed E-state index contributed by atoms with van der Waals surface area (Å²) < 4.78 is 2.55. The van der Waals surface area contributed by atoms with E-state index in [1.54, 1.807) is 0 Å². The Labute approximate surface area is 223 Å². The van der Waals surface area contributed by atoms with Crippen LogP contribution in [0, 0.1) is 0 Å². The van der Waals surface area contributed by atoms with Crippen LogP contribution in [-0.2, 0) is 12.8 Å². The second-order valence-electron chi connectivity index (χ2n) is 10.5. The summed E-state index contributed by atoms with van der Waals surface area (Å²) >= 11 is 0. The van der Waals surface area contributed by atoms with Crippen LogP contribution in [0.15, 0.2) is 139 Å². The first-order chi connectivity index (χ1) is 18.9. The van der Waals surface area contributed by atoms with Crippen LogP contribution in [0.3, 0.4) is 0 Å². The van der Waals surface area contributed by atoms with Gasteiger partial charge in [0.2, 0.25) is 0 Å². The Kier molecular flexibility index (Phi) is 4.78. The van der Waals surface area contributed by atoms with Crippen molar-refractivity contribution in [3.63, 3.8) is 0 Å². The molecule has 0 radical (unpaired) electrons. The second kappa shape index (κ2) is 8.46. The average molecular weight is 486 g/mol. The van der Waals surface area contributed by atoms with E-state index in [2.05, 4.69) is 138 Å². The topological polar surface area (TPSA) is 4.93 Å². The number of para-hydroxylation sites is 2. The fourth-order valence-electron chi connectivity index (χ4n) is 6.89.